The van der Waals surface area contributed by atoms with Crippen molar-refractivity contribution < 1.29 is 14.4 Å². The third-order valence-corrected chi connectivity index (χ3v) is 4.09. The number of rotatable bonds is 5. The van der Waals surface area contributed by atoms with Crippen LogP contribution in [0.1, 0.15) is 25.7 Å². The fourth-order valence-electron chi connectivity index (χ4n) is 2.75. The van der Waals surface area contributed by atoms with Crippen molar-refractivity contribution in [3.8, 4) is 0 Å². The number of hydrogen-bond donors (Lipinski definition) is 2. The first-order valence-corrected chi connectivity index (χ1v) is 7.13. The lowest BCUT2D eigenvalue weighted by Gasteiger charge is -2.27. The van der Waals surface area contributed by atoms with Gasteiger partial charge in [0.2, 0.25) is 5.91 Å². The minimum atomic E-state index is -0.312. The lowest BCUT2D eigenvalue weighted by molar-refractivity contribution is -0.137. The number of amides is 3. The first kappa shape index (κ1) is 14.7. The Labute approximate surface area is 118 Å². The van der Waals surface area contributed by atoms with Gasteiger partial charge in [0.1, 0.15) is 0 Å². The second-order valence-corrected chi connectivity index (χ2v) is 5.41. The Bertz CT molecular complexity index is 407. The standard InChI is InChI=1S/C14H21N3O3/c15-9-10-1-3-11(4-2-10)14(20)16-7-8-17-12(18)5-6-13(17)19/h5-6,10-11H,1-4,7-9,15H2,(H,16,20). The fraction of sp³-hybridized carbons (Fsp3) is 0.643. The van der Waals surface area contributed by atoms with Gasteiger partial charge in [0.25, 0.3) is 11.8 Å². The van der Waals surface area contributed by atoms with E-state index in [0.29, 0.717) is 19.0 Å². The van der Waals surface area contributed by atoms with Crippen LogP contribution in [0.3, 0.4) is 0 Å². The van der Waals surface area contributed by atoms with Crippen LogP contribution < -0.4 is 11.1 Å². The zero-order chi connectivity index (χ0) is 14.5. The summed E-state index contributed by atoms with van der Waals surface area (Å²) in [5, 5.41) is 2.81. The summed E-state index contributed by atoms with van der Waals surface area (Å²) < 4.78 is 0. The third kappa shape index (κ3) is 3.45. The van der Waals surface area contributed by atoms with Gasteiger partial charge in [-0.15, -0.1) is 0 Å². The van der Waals surface area contributed by atoms with Crippen LogP contribution >= 0.6 is 0 Å². The monoisotopic (exact) mass is 279 g/mol. The summed E-state index contributed by atoms with van der Waals surface area (Å²) in [6.07, 6.45) is 6.24. The van der Waals surface area contributed by atoms with Gasteiger partial charge in [0.05, 0.1) is 0 Å². The van der Waals surface area contributed by atoms with E-state index in [1.165, 1.54) is 12.2 Å². The summed E-state index contributed by atoms with van der Waals surface area (Å²) in [6, 6.07) is 0. The number of imide groups is 1. The van der Waals surface area contributed by atoms with Gasteiger partial charge in [0, 0.05) is 31.2 Å². The molecular weight excluding hydrogens is 258 g/mol. The molecule has 1 heterocycles. The first-order chi connectivity index (χ1) is 9.61. The van der Waals surface area contributed by atoms with Crippen molar-refractivity contribution in [2.75, 3.05) is 19.6 Å². The molecule has 0 atom stereocenters. The molecule has 1 aliphatic heterocycles. The zero-order valence-electron chi connectivity index (χ0n) is 11.5. The van der Waals surface area contributed by atoms with Crippen LogP contribution in [0.15, 0.2) is 12.2 Å². The highest BCUT2D eigenvalue weighted by atomic mass is 16.2. The van der Waals surface area contributed by atoms with Crippen molar-refractivity contribution in [2.24, 2.45) is 17.6 Å². The Morgan fingerprint density at radius 1 is 1.20 bits per heavy atom. The van der Waals surface area contributed by atoms with Crippen LogP contribution in [-0.4, -0.2) is 42.3 Å². The predicted molar refractivity (Wildman–Crippen MR) is 73.4 cm³/mol. The van der Waals surface area contributed by atoms with Gasteiger partial charge in [-0.2, -0.15) is 0 Å². The van der Waals surface area contributed by atoms with Gasteiger partial charge in [0.15, 0.2) is 0 Å². The molecule has 6 heteroatoms. The van der Waals surface area contributed by atoms with E-state index in [4.69, 9.17) is 5.73 Å². The van der Waals surface area contributed by atoms with Gasteiger partial charge < -0.3 is 11.1 Å². The van der Waals surface area contributed by atoms with Crippen LogP contribution in [0.2, 0.25) is 0 Å². The van der Waals surface area contributed by atoms with Crippen LogP contribution in [-0.2, 0) is 14.4 Å². The average molecular weight is 279 g/mol. The highest BCUT2D eigenvalue weighted by Crippen LogP contribution is 2.28. The second-order valence-electron chi connectivity index (χ2n) is 5.41. The molecule has 0 aromatic heterocycles. The molecular formula is C14H21N3O3. The second kappa shape index (κ2) is 6.65. The Kier molecular flexibility index (Phi) is 4.89. The van der Waals surface area contributed by atoms with Gasteiger partial charge in [-0.05, 0) is 38.1 Å². The Morgan fingerprint density at radius 2 is 1.80 bits per heavy atom. The topological polar surface area (TPSA) is 92.5 Å². The number of nitrogens with two attached hydrogens (primary N) is 1. The molecule has 0 radical (unpaired) electrons. The van der Waals surface area contributed by atoms with Crippen molar-refractivity contribution >= 4 is 17.7 Å². The lowest BCUT2D eigenvalue weighted by Crippen LogP contribution is -2.41. The molecule has 0 aromatic carbocycles. The molecule has 2 aliphatic rings. The van der Waals surface area contributed by atoms with Crippen molar-refractivity contribution in [1.82, 2.24) is 10.2 Å². The smallest absolute Gasteiger partial charge is 0.253 e. The minimum Gasteiger partial charge on any atom is -0.354 e. The summed E-state index contributed by atoms with van der Waals surface area (Å²) in [5.41, 5.74) is 5.63. The molecule has 0 aromatic rings. The largest absolute Gasteiger partial charge is 0.354 e. The molecule has 0 bridgehead atoms. The van der Waals surface area contributed by atoms with E-state index in [-0.39, 0.29) is 30.2 Å². The van der Waals surface area contributed by atoms with Gasteiger partial charge in [-0.1, -0.05) is 0 Å². The molecule has 2 rings (SSSR count). The van der Waals surface area contributed by atoms with Crippen molar-refractivity contribution in [1.29, 1.82) is 0 Å². The van der Waals surface area contributed by atoms with E-state index in [9.17, 15) is 14.4 Å². The quantitative estimate of drug-likeness (QED) is 0.681. The molecule has 0 saturated heterocycles. The Hall–Kier alpha value is -1.69. The zero-order valence-corrected chi connectivity index (χ0v) is 11.5. The molecule has 110 valence electrons. The molecule has 3 N–H and O–H groups in total. The SMILES string of the molecule is NCC1CCC(C(=O)NCCN2C(=O)C=CC2=O)CC1. The summed E-state index contributed by atoms with van der Waals surface area (Å²) in [6.45, 7) is 1.24. The maximum absolute atomic E-state index is 12.0. The number of nitrogens with zero attached hydrogens (tertiary/aromatic N) is 1. The number of hydrogen-bond acceptors (Lipinski definition) is 4. The predicted octanol–water partition coefficient (Wildman–Crippen LogP) is -0.207. The third-order valence-electron chi connectivity index (χ3n) is 4.09. The number of nitrogens with one attached hydrogen (secondary N) is 1. The van der Waals surface area contributed by atoms with Crippen molar-refractivity contribution in [2.45, 2.75) is 25.7 Å². The maximum Gasteiger partial charge on any atom is 0.253 e. The molecule has 20 heavy (non-hydrogen) atoms. The summed E-state index contributed by atoms with van der Waals surface area (Å²) in [5.74, 6) is -0.0150. The van der Waals surface area contributed by atoms with E-state index in [2.05, 4.69) is 5.32 Å². The molecule has 0 spiro atoms. The minimum absolute atomic E-state index is 0.0209. The van der Waals surface area contributed by atoms with Gasteiger partial charge in [-0.25, -0.2) is 0 Å². The number of carbonyl (C=O) groups excluding carboxylic acids is 3. The fourth-order valence-corrected chi connectivity index (χ4v) is 2.75. The molecule has 1 aliphatic carbocycles. The maximum atomic E-state index is 12.0. The van der Waals surface area contributed by atoms with Crippen molar-refractivity contribution in [3.63, 3.8) is 0 Å². The summed E-state index contributed by atoms with van der Waals surface area (Å²) in [7, 11) is 0. The highest BCUT2D eigenvalue weighted by molar-refractivity contribution is 6.12. The number of carbonyl (C=O) groups is 3. The Morgan fingerprint density at radius 3 is 2.35 bits per heavy atom. The van der Waals surface area contributed by atoms with E-state index in [1.807, 2.05) is 0 Å². The Balaban J connectivity index is 1.68. The summed E-state index contributed by atoms with van der Waals surface area (Å²) >= 11 is 0. The lowest BCUT2D eigenvalue weighted by atomic mass is 9.81. The average Bonchev–Trinajstić information content (AvgIpc) is 2.79. The van der Waals surface area contributed by atoms with E-state index in [1.54, 1.807) is 0 Å². The normalized spacial score (nSPS) is 26.1. The van der Waals surface area contributed by atoms with E-state index >= 15 is 0 Å². The molecule has 0 unspecified atom stereocenters. The summed E-state index contributed by atoms with van der Waals surface area (Å²) in [4.78, 5) is 35.8. The molecule has 1 saturated carbocycles. The van der Waals surface area contributed by atoms with Crippen LogP contribution in [0.5, 0.6) is 0 Å². The van der Waals surface area contributed by atoms with E-state index in [0.717, 1.165) is 30.6 Å². The van der Waals surface area contributed by atoms with Crippen molar-refractivity contribution in [3.05, 3.63) is 12.2 Å². The van der Waals surface area contributed by atoms with Gasteiger partial charge in [-0.3, -0.25) is 19.3 Å². The van der Waals surface area contributed by atoms with Crippen LogP contribution in [0, 0.1) is 11.8 Å². The molecule has 6 nitrogen and oxygen atoms in total. The van der Waals surface area contributed by atoms with Crippen LogP contribution in [0.4, 0.5) is 0 Å². The van der Waals surface area contributed by atoms with Gasteiger partial charge >= 0.3 is 0 Å². The van der Waals surface area contributed by atoms with Crippen LogP contribution in [0.25, 0.3) is 0 Å². The first-order valence-electron chi connectivity index (χ1n) is 7.13. The molecule has 1 fully saturated rings. The highest BCUT2D eigenvalue weighted by Gasteiger charge is 2.26. The molecule has 3 amide bonds. The van der Waals surface area contributed by atoms with E-state index < -0.39 is 0 Å².